The van der Waals surface area contributed by atoms with Crippen LogP contribution in [-0.2, 0) is 4.79 Å². The average molecular weight is 234 g/mol. The third-order valence-corrected chi connectivity index (χ3v) is 3.12. The van der Waals surface area contributed by atoms with Crippen LogP contribution in [0.5, 0.6) is 0 Å². The molecule has 1 aliphatic rings. The van der Waals surface area contributed by atoms with Gasteiger partial charge >= 0.3 is 0 Å². The number of aliphatic hydroxyl groups excluding tert-OH is 1. The molecule has 4 heteroatoms. The number of carbonyl (C=O) groups excluding carboxylic acids is 1. The number of hydrogen-bond acceptors (Lipinski definition) is 3. The van der Waals surface area contributed by atoms with Crippen LogP contribution in [0.1, 0.15) is 11.1 Å². The number of rotatable bonds is 2. The molecule has 1 saturated heterocycles. The SMILES string of the molecule is Cc1ccc(N2CCNC(CO)C2=O)c(C)c1. The first-order chi connectivity index (χ1) is 8.13. The second-order valence-electron chi connectivity index (χ2n) is 4.47. The lowest BCUT2D eigenvalue weighted by Crippen LogP contribution is -2.56. The van der Waals surface area contributed by atoms with Gasteiger partial charge in [-0.3, -0.25) is 4.79 Å². The Morgan fingerprint density at radius 3 is 2.88 bits per heavy atom. The van der Waals surface area contributed by atoms with Crippen LogP contribution in [-0.4, -0.2) is 36.8 Å². The highest BCUT2D eigenvalue weighted by Crippen LogP contribution is 2.22. The van der Waals surface area contributed by atoms with E-state index in [-0.39, 0.29) is 12.5 Å². The number of nitrogens with one attached hydrogen (secondary N) is 1. The Hall–Kier alpha value is -1.39. The summed E-state index contributed by atoms with van der Waals surface area (Å²) in [6.45, 7) is 5.25. The van der Waals surface area contributed by atoms with Gasteiger partial charge in [0.2, 0.25) is 5.91 Å². The predicted molar refractivity (Wildman–Crippen MR) is 67.1 cm³/mol. The molecule has 0 aromatic heterocycles. The maximum absolute atomic E-state index is 12.1. The van der Waals surface area contributed by atoms with Crippen LogP contribution in [0.15, 0.2) is 18.2 Å². The number of nitrogens with zero attached hydrogens (tertiary/aromatic N) is 1. The molecule has 0 saturated carbocycles. The topological polar surface area (TPSA) is 52.6 Å². The van der Waals surface area contributed by atoms with Gasteiger partial charge in [-0.1, -0.05) is 17.7 Å². The molecule has 1 unspecified atom stereocenters. The lowest BCUT2D eigenvalue weighted by atomic mass is 10.1. The van der Waals surface area contributed by atoms with Crippen LogP contribution in [0.3, 0.4) is 0 Å². The monoisotopic (exact) mass is 234 g/mol. The summed E-state index contributed by atoms with van der Waals surface area (Å²) in [6.07, 6.45) is 0. The van der Waals surface area contributed by atoms with Crippen molar-refractivity contribution in [2.45, 2.75) is 19.9 Å². The Labute approximate surface area is 101 Å². The number of anilines is 1. The smallest absolute Gasteiger partial charge is 0.246 e. The number of hydrogen-bond donors (Lipinski definition) is 2. The van der Waals surface area contributed by atoms with Gasteiger partial charge in [-0.25, -0.2) is 0 Å². The molecule has 1 aromatic carbocycles. The van der Waals surface area contributed by atoms with E-state index in [2.05, 4.69) is 11.4 Å². The maximum Gasteiger partial charge on any atom is 0.246 e. The van der Waals surface area contributed by atoms with Crippen LogP contribution in [0, 0.1) is 13.8 Å². The van der Waals surface area contributed by atoms with E-state index in [4.69, 9.17) is 5.11 Å². The molecule has 0 radical (unpaired) electrons. The van der Waals surface area contributed by atoms with Gasteiger partial charge in [-0.05, 0) is 25.5 Å². The maximum atomic E-state index is 12.1. The molecule has 4 nitrogen and oxygen atoms in total. The fraction of sp³-hybridized carbons (Fsp3) is 0.462. The predicted octanol–water partition coefficient (Wildman–Crippen LogP) is 0.601. The minimum Gasteiger partial charge on any atom is -0.394 e. The van der Waals surface area contributed by atoms with Gasteiger partial charge < -0.3 is 15.3 Å². The molecule has 1 amide bonds. The summed E-state index contributed by atoms with van der Waals surface area (Å²) in [6, 6.07) is 5.58. The number of benzene rings is 1. The van der Waals surface area contributed by atoms with Gasteiger partial charge in [0.15, 0.2) is 0 Å². The van der Waals surface area contributed by atoms with Crippen LogP contribution >= 0.6 is 0 Å². The number of carbonyl (C=O) groups is 1. The van der Waals surface area contributed by atoms with Gasteiger partial charge in [0.1, 0.15) is 6.04 Å². The number of aliphatic hydroxyl groups is 1. The lowest BCUT2D eigenvalue weighted by Gasteiger charge is -2.33. The summed E-state index contributed by atoms with van der Waals surface area (Å²) >= 11 is 0. The van der Waals surface area contributed by atoms with Crippen LogP contribution in [0.25, 0.3) is 0 Å². The first-order valence-electron chi connectivity index (χ1n) is 5.86. The zero-order chi connectivity index (χ0) is 12.4. The van der Waals surface area contributed by atoms with Crippen molar-refractivity contribution in [2.75, 3.05) is 24.6 Å². The van der Waals surface area contributed by atoms with Gasteiger partial charge in [0.25, 0.3) is 0 Å². The highest BCUT2D eigenvalue weighted by molar-refractivity contribution is 5.98. The van der Waals surface area contributed by atoms with Crippen molar-refractivity contribution in [1.29, 1.82) is 0 Å². The van der Waals surface area contributed by atoms with Gasteiger partial charge in [-0.2, -0.15) is 0 Å². The van der Waals surface area contributed by atoms with E-state index in [9.17, 15) is 4.79 Å². The first-order valence-corrected chi connectivity index (χ1v) is 5.86. The second-order valence-corrected chi connectivity index (χ2v) is 4.47. The molecule has 17 heavy (non-hydrogen) atoms. The molecule has 0 bridgehead atoms. The van der Waals surface area contributed by atoms with E-state index < -0.39 is 6.04 Å². The summed E-state index contributed by atoms with van der Waals surface area (Å²) in [5.41, 5.74) is 3.23. The van der Waals surface area contributed by atoms with E-state index in [1.165, 1.54) is 5.56 Å². The van der Waals surface area contributed by atoms with Crippen LogP contribution in [0.2, 0.25) is 0 Å². The fourth-order valence-corrected chi connectivity index (χ4v) is 2.23. The average Bonchev–Trinajstić information content (AvgIpc) is 2.30. The summed E-state index contributed by atoms with van der Waals surface area (Å²) in [7, 11) is 0. The summed E-state index contributed by atoms with van der Waals surface area (Å²) < 4.78 is 0. The molecule has 1 fully saturated rings. The van der Waals surface area contributed by atoms with Crippen LogP contribution in [0.4, 0.5) is 5.69 Å². The van der Waals surface area contributed by atoms with Crippen LogP contribution < -0.4 is 10.2 Å². The number of aryl methyl sites for hydroxylation is 2. The highest BCUT2D eigenvalue weighted by Gasteiger charge is 2.29. The second kappa shape index (κ2) is 4.85. The quantitative estimate of drug-likeness (QED) is 0.788. The van der Waals surface area contributed by atoms with Crippen molar-refractivity contribution in [3.05, 3.63) is 29.3 Å². The standard InChI is InChI=1S/C13H18N2O2/c1-9-3-4-12(10(2)7-9)15-6-5-14-11(8-16)13(15)17/h3-4,7,11,14,16H,5-6,8H2,1-2H3. The van der Waals surface area contributed by atoms with Crippen molar-refractivity contribution in [3.63, 3.8) is 0 Å². The minimum atomic E-state index is -0.468. The number of amides is 1. The zero-order valence-corrected chi connectivity index (χ0v) is 10.2. The van der Waals surface area contributed by atoms with Gasteiger partial charge in [0, 0.05) is 18.8 Å². The molecule has 2 N–H and O–H groups in total. The molecule has 0 aliphatic carbocycles. The van der Waals surface area contributed by atoms with Gasteiger partial charge in [-0.15, -0.1) is 0 Å². The molecule has 1 aliphatic heterocycles. The van der Waals surface area contributed by atoms with Crippen molar-refractivity contribution in [1.82, 2.24) is 5.32 Å². The Morgan fingerprint density at radius 1 is 1.47 bits per heavy atom. The van der Waals surface area contributed by atoms with E-state index in [0.717, 1.165) is 11.3 Å². The Morgan fingerprint density at radius 2 is 2.24 bits per heavy atom. The van der Waals surface area contributed by atoms with Crippen molar-refractivity contribution < 1.29 is 9.90 Å². The minimum absolute atomic E-state index is 0.0503. The Balaban J connectivity index is 2.29. The van der Waals surface area contributed by atoms with E-state index in [1.54, 1.807) is 4.90 Å². The third-order valence-electron chi connectivity index (χ3n) is 3.12. The Kier molecular flexibility index (Phi) is 3.45. The normalized spacial score (nSPS) is 20.8. The largest absolute Gasteiger partial charge is 0.394 e. The van der Waals surface area contributed by atoms with Crippen molar-refractivity contribution in [2.24, 2.45) is 0 Å². The Bertz CT molecular complexity index is 431. The molecule has 1 aromatic rings. The molecule has 0 spiro atoms. The first kappa shape index (κ1) is 12.1. The lowest BCUT2D eigenvalue weighted by molar-refractivity contribution is -0.122. The van der Waals surface area contributed by atoms with Gasteiger partial charge in [0.05, 0.1) is 6.61 Å². The molecular formula is C13H18N2O2. The summed E-state index contributed by atoms with van der Waals surface area (Å²) in [5, 5.41) is 12.1. The van der Waals surface area contributed by atoms with E-state index >= 15 is 0 Å². The highest BCUT2D eigenvalue weighted by atomic mass is 16.3. The summed E-state index contributed by atoms with van der Waals surface area (Å²) in [5.74, 6) is -0.0503. The molecular weight excluding hydrogens is 216 g/mol. The van der Waals surface area contributed by atoms with E-state index in [0.29, 0.717) is 13.1 Å². The van der Waals surface area contributed by atoms with E-state index in [1.807, 2.05) is 26.0 Å². The third kappa shape index (κ3) is 2.33. The zero-order valence-electron chi connectivity index (χ0n) is 10.2. The molecule has 2 rings (SSSR count). The number of piperazine rings is 1. The molecule has 92 valence electrons. The summed E-state index contributed by atoms with van der Waals surface area (Å²) in [4.78, 5) is 13.9. The molecule has 1 atom stereocenters. The van der Waals surface area contributed by atoms with Crippen molar-refractivity contribution >= 4 is 11.6 Å². The molecule has 1 heterocycles. The fourth-order valence-electron chi connectivity index (χ4n) is 2.23. The van der Waals surface area contributed by atoms with Crippen molar-refractivity contribution in [3.8, 4) is 0 Å².